The highest BCUT2D eigenvalue weighted by Gasteiger charge is 2.23. The normalized spacial score (nSPS) is 20.2. The van der Waals surface area contributed by atoms with Crippen molar-refractivity contribution in [2.45, 2.75) is 12.5 Å². The van der Waals surface area contributed by atoms with Crippen molar-refractivity contribution in [1.82, 2.24) is 4.90 Å². The van der Waals surface area contributed by atoms with Crippen LogP contribution in [0.3, 0.4) is 0 Å². The predicted octanol–water partition coefficient (Wildman–Crippen LogP) is 2.39. The Kier molecular flexibility index (Phi) is 5.36. The number of hydrogen-bond acceptors (Lipinski definition) is 4. The zero-order valence-corrected chi connectivity index (χ0v) is 12.6. The molecule has 1 aliphatic rings. The van der Waals surface area contributed by atoms with E-state index in [0.29, 0.717) is 13.0 Å². The van der Waals surface area contributed by atoms with Crippen molar-refractivity contribution in [3.05, 3.63) is 34.3 Å². The Labute approximate surface area is 121 Å². The highest BCUT2D eigenvalue weighted by Crippen LogP contribution is 2.28. The highest BCUT2D eigenvalue weighted by molar-refractivity contribution is 9.10. The van der Waals surface area contributed by atoms with E-state index in [2.05, 4.69) is 31.6 Å². The summed E-state index contributed by atoms with van der Waals surface area (Å²) in [5.74, 6) is -0.163. The summed E-state index contributed by atoms with van der Waals surface area (Å²) in [4.78, 5) is 13.4. The first-order chi connectivity index (χ1) is 9.20. The Balaban J connectivity index is 1.94. The van der Waals surface area contributed by atoms with Gasteiger partial charge in [-0.15, -0.1) is 0 Å². The molecule has 104 valence electrons. The predicted molar refractivity (Wildman–Crippen MR) is 75.9 cm³/mol. The summed E-state index contributed by atoms with van der Waals surface area (Å²) in [6, 6.07) is 8.09. The summed E-state index contributed by atoms with van der Waals surface area (Å²) in [6.45, 7) is 3.07. The van der Waals surface area contributed by atoms with Crippen molar-refractivity contribution in [1.29, 1.82) is 0 Å². The third kappa shape index (κ3) is 4.03. The van der Waals surface area contributed by atoms with Gasteiger partial charge < -0.3 is 9.47 Å². The molecule has 0 amide bonds. The van der Waals surface area contributed by atoms with E-state index >= 15 is 0 Å². The lowest BCUT2D eigenvalue weighted by molar-refractivity contribution is -0.141. The van der Waals surface area contributed by atoms with Crippen LogP contribution in [0.25, 0.3) is 0 Å². The average molecular weight is 328 g/mol. The average Bonchev–Trinajstić information content (AvgIpc) is 2.45. The minimum Gasteiger partial charge on any atom is -0.469 e. The van der Waals surface area contributed by atoms with Gasteiger partial charge in [0.15, 0.2) is 0 Å². The van der Waals surface area contributed by atoms with Crippen molar-refractivity contribution < 1.29 is 14.3 Å². The van der Waals surface area contributed by atoms with Crippen molar-refractivity contribution >= 4 is 21.9 Å². The number of hydrogen-bond donors (Lipinski definition) is 0. The zero-order chi connectivity index (χ0) is 13.7. The van der Waals surface area contributed by atoms with Crippen LogP contribution in [-0.2, 0) is 14.3 Å². The third-order valence-corrected chi connectivity index (χ3v) is 3.98. The molecule has 0 N–H and O–H groups in total. The maximum absolute atomic E-state index is 11.2. The number of halogens is 1. The number of carbonyl (C=O) groups is 1. The van der Waals surface area contributed by atoms with Gasteiger partial charge in [-0.25, -0.2) is 0 Å². The van der Waals surface area contributed by atoms with Crippen LogP contribution in [0.5, 0.6) is 0 Å². The van der Waals surface area contributed by atoms with Gasteiger partial charge in [-0.2, -0.15) is 0 Å². The lowest BCUT2D eigenvalue weighted by Crippen LogP contribution is -2.39. The fourth-order valence-electron chi connectivity index (χ4n) is 2.18. The summed E-state index contributed by atoms with van der Waals surface area (Å²) in [7, 11) is 1.42. The third-order valence-electron chi connectivity index (χ3n) is 3.26. The van der Waals surface area contributed by atoms with Crippen LogP contribution in [0.2, 0.25) is 0 Å². The number of nitrogens with zero attached hydrogens (tertiary/aromatic N) is 1. The molecule has 0 bridgehead atoms. The van der Waals surface area contributed by atoms with E-state index in [0.717, 1.165) is 29.7 Å². The van der Waals surface area contributed by atoms with Crippen molar-refractivity contribution in [2.75, 3.05) is 33.4 Å². The molecular weight excluding hydrogens is 310 g/mol. The van der Waals surface area contributed by atoms with Gasteiger partial charge in [-0.1, -0.05) is 34.1 Å². The topological polar surface area (TPSA) is 38.8 Å². The SMILES string of the molecule is COC(=O)CCN1CCO[C@@H](c2ccccc2Br)C1. The number of benzene rings is 1. The van der Waals surface area contributed by atoms with Gasteiger partial charge in [0.05, 0.1) is 26.2 Å². The van der Waals surface area contributed by atoms with Gasteiger partial charge in [0.1, 0.15) is 0 Å². The van der Waals surface area contributed by atoms with E-state index in [4.69, 9.17) is 4.74 Å². The highest BCUT2D eigenvalue weighted by atomic mass is 79.9. The van der Waals surface area contributed by atoms with Crippen LogP contribution in [0.15, 0.2) is 28.7 Å². The molecule has 19 heavy (non-hydrogen) atoms. The van der Waals surface area contributed by atoms with Crippen LogP contribution in [-0.4, -0.2) is 44.2 Å². The monoisotopic (exact) mass is 327 g/mol. The molecule has 2 rings (SSSR count). The lowest BCUT2D eigenvalue weighted by atomic mass is 10.1. The second-order valence-electron chi connectivity index (χ2n) is 4.51. The number of methoxy groups -OCH3 is 1. The quantitative estimate of drug-likeness (QED) is 0.796. The Bertz CT molecular complexity index is 438. The Morgan fingerprint density at radius 1 is 1.53 bits per heavy atom. The molecule has 0 aliphatic carbocycles. The number of rotatable bonds is 4. The molecule has 4 nitrogen and oxygen atoms in total. The summed E-state index contributed by atoms with van der Waals surface area (Å²) in [5.41, 5.74) is 1.16. The minimum absolute atomic E-state index is 0.0574. The number of esters is 1. The van der Waals surface area contributed by atoms with E-state index in [9.17, 15) is 4.79 Å². The van der Waals surface area contributed by atoms with E-state index in [1.54, 1.807) is 0 Å². The first-order valence-electron chi connectivity index (χ1n) is 6.36. The van der Waals surface area contributed by atoms with Crippen LogP contribution < -0.4 is 0 Å². The summed E-state index contributed by atoms with van der Waals surface area (Å²) in [6.07, 6.45) is 0.487. The molecule has 0 saturated carbocycles. The Morgan fingerprint density at radius 3 is 3.05 bits per heavy atom. The van der Waals surface area contributed by atoms with Gasteiger partial charge in [-0.05, 0) is 11.6 Å². The number of ether oxygens (including phenoxy) is 2. The standard InChI is InChI=1S/C14H18BrNO3/c1-18-14(17)6-7-16-8-9-19-13(10-16)11-4-2-3-5-12(11)15/h2-5,13H,6-10H2,1H3/t13-/m1/s1. The molecule has 0 radical (unpaired) electrons. The molecule has 1 fully saturated rings. The van der Waals surface area contributed by atoms with Gasteiger partial charge in [0.25, 0.3) is 0 Å². The van der Waals surface area contributed by atoms with Crippen molar-refractivity contribution in [3.8, 4) is 0 Å². The second kappa shape index (κ2) is 7.03. The molecule has 1 aliphatic heterocycles. The molecular formula is C14H18BrNO3. The molecule has 1 aromatic carbocycles. The molecule has 0 spiro atoms. The zero-order valence-electron chi connectivity index (χ0n) is 11.0. The fourth-order valence-corrected chi connectivity index (χ4v) is 2.72. The number of morpholine rings is 1. The van der Waals surface area contributed by atoms with Crippen LogP contribution in [0.4, 0.5) is 0 Å². The summed E-state index contributed by atoms with van der Waals surface area (Å²) < 4.78 is 11.6. The molecule has 0 unspecified atom stereocenters. The van der Waals surface area contributed by atoms with Crippen LogP contribution in [0.1, 0.15) is 18.1 Å². The van der Waals surface area contributed by atoms with E-state index in [1.807, 2.05) is 18.2 Å². The minimum atomic E-state index is -0.163. The maximum Gasteiger partial charge on any atom is 0.306 e. The summed E-state index contributed by atoms with van der Waals surface area (Å²) in [5, 5.41) is 0. The van der Waals surface area contributed by atoms with Crippen molar-refractivity contribution in [2.24, 2.45) is 0 Å². The molecule has 1 heterocycles. The van der Waals surface area contributed by atoms with Crippen LogP contribution >= 0.6 is 15.9 Å². The lowest BCUT2D eigenvalue weighted by Gasteiger charge is -2.33. The van der Waals surface area contributed by atoms with Gasteiger partial charge >= 0.3 is 5.97 Å². The van der Waals surface area contributed by atoms with Gasteiger partial charge in [0, 0.05) is 24.1 Å². The molecule has 1 saturated heterocycles. The summed E-state index contributed by atoms with van der Waals surface area (Å²) >= 11 is 3.55. The fraction of sp³-hybridized carbons (Fsp3) is 0.500. The Morgan fingerprint density at radius 2 is 2.32 bits per heavy atom. The largest absolute Gasteiger partial charge is 0.469 e. The van der Waals surface area contributed by atoms with Gasteiger partial charge in [0.2, 0.25) is 0 Å². The van der Waals surface area contributed by atoms with E-state index < -0.39 is 0 Å². The van der Waals surface area contributed by atoms with Crippen LogP contribution in [0, 0.1) is 0 Å². The second-order valence-corrected chi connectivity index (χ2v) is 5.36. The molecule has 1 atom stereocenters. The first kappa shape index (κ1) is 14.5. The van der Waals surface area contributed by atoms with Gasteiger partial charge in [-0.3, -0.25) is 9.69 Å². The molecule has 5 heteroatoms. The first-order valence-corrected chi connectivity index (χ1v) is 7.15. The number of carbonyl (C=O) groups excluding carboxylic acids is 1. The molecule has 0 aromatic heterocycles. The maximum atomic E-state index is 11.2. The van der Waals surface area contributed by atoms with E-state index in [-0.39, 0.29) is 12.1 Å². The smallest absolute Gasteiger partial charge is 0.306 e. The van der Waals surface area contributed by atoms with Crippen molar-refractivity contribution in [3.63, 3.8) is 0 Å². The molecule has 1 aromatic rings. The van der Waals surface area contributed by atoms with E-state index in [1.165, 1.54) is 7.11 Å². The Hall–Kier alpha value is -0.910.